The van der Waals surface area contributed by atoms with Crippen molar-refractivity contribution in [3.05, 3.63) is 22.5 Å². The second-order valence-electron chi connectivity index (χ2n) is 2.91. The minimum absolute atomic E-state index is 0.0330. The summed E-state index contributed by atoms with van der Waals surface area (Å²) in [6, 6.07) is 1.25. The van der Waals surface area contributed by atoms with Gasteiger partial charge < -0.3 is 15.2 Å². The number of rotatable bonds is 2. The molecule has 4 nitrogen and oxygen atoms in total. The Balaban J connectivity index is 2.59. The molecule has 0 aliphatic carbocycles. The molecule has 1 aromatic carbocycles. The molecular weight excluding hydrogens is 225 g/mol. The van der Waals surface area contributed by atoms with Crippen LogP contribution in [-0.2, 0) is 0 Å². The summed E-state index contributed by atoms with van der Waals surface area (Å²) in [7, 11) is 0. The molecule has 0 bridgehead atoms. The highest BCUT2D eigenvalue weighted by Gasteiger charge is 2.25. The van der Waals surface area contributed by atoms with Crippen LogP contribution in [0.5, 0.6) is 11.5 Å². The third-order valence-corrected chi connectivity index (χ3v) is 2.37. The largest absolute Gasteiger partial charge is 0.454 e. The Labute approximate surface area is 89.7 Å². The Morgan fingerprint density at radius 1 is 1.60 bits per heavy atom. The van der Waals surface area contributed by atoms with E-state index in [0.717, 1.165) is 0 Å². The van der Waals surface area contributed by atoms with E-state index in [-0.39, 0.29) is 35.4 Å². The van der Waals surface area contributed by atoms with Gasteiger partial charge in [0, 0.05) is 0 Å². The van der Waals surface area contributed by atoms with Crippen LogP contribution < -0.4 is 15.2 Å². The molecule has 1 aliphatic heterocycles. The second kappa shape index (κ2) is 3.67. The van der Waals surface area contributed by atoms with E-state index in [2.05, 4.69) is 0 Å². The van der Waals surface area contributed by atoms with E-state index in [9.17, 15) is 9.18 Å². The van der Waals surface area contributed by atoms with E-state index in [0.29, 0.717) is 0 Å². The fourth-order valence-electron chi connectivity index (χ4n) is 1.29. The first-order chi connectivity index (χ1) is 7.15. The SMILES string of the molecule is NCC(=O)c1cc2c(c(Cl)c1F)OCO2. The molecule has 0 aromatic heterocycles. The van der Waals surface area contributed by atoms with Crippen LogP contribution in [0.1, 0.15) is 10.4 Å². The van der Waals surface area contributed by atoms with E-state index in [1.165, 1.54) is 6.07 Å². The average molecular weight is 232 g/mol. The van der Waals surface area contributed by atoms with Crippen molar-refractivity contribution in [3.63, 3.8) is 0 Å². The van der Waals surface area contributed by atoms with Gasteiger partial charge in [-0.15, -0.1) is 0 Å². The molecule has 15 heavy (non-hydrogen) atoms. The van der Waals surface area contributed by atoms with Gasteiger partial charge in [0.05, 0.1) is 12.1 Å². The fourth-order valence-corrected chi connectivity index (χ4v) is 1.54. The first kappa shape index (κ1) is 10.2. The zero-order chi connectivity index (χ0) is 11.0. The molecule has 2 N–H and O–H groups in total. The summed E-state index contributed by atoms with van der Waals surface area (Å²) in [5, 5.41) is -0.248. The molecule has 1 heterocycles. The summed E-state index contributed by atoms with van der Waals surface area (Å²) in [6.07, 6.45) is 0. The third kappa shape index (κ3) is 1.53. The number of Topliss-reactive ketones (excluding diaryl/α,β-unsaturated/α-hetero) is 1. The lowest BCUT2D eigenvalue weighted by atomic mass is 10.1. The monoisotopic (exact) mass is 231 g/mol. The molecule has 0 amide bonds. The number of ether oxygens (including phenoxy) is 2. The molecule has 0 saturated heterocycles. The number of nitrogens with two attached hydrogens (primary N) is 1. The smallest absolute Gasteiger partial charge is 0.231 e. The van der Waals surface area contributed by atoms with Crippen molar-refractivity contribution >= 4 is 17.4 Å². The molecule has 0 fully saturated rings. The number of halogens is 2. The van der Waals surface area contributed by atoms with Crippen molar-refractivity contribution < 1.29 is 18.7 Å². The molecule has 0 radical (unpaired) electrons. The summed E-state index contributed by atoms with van der Waals surface area (Å²) in [6.45, 7) is -0.318. The number of benzene rings is 1. The lowest BCUT2D eigenvalue weighted by Crippen LogP contribution is -2.15. The maximum absolute atomic E-state index is 13.6. The maximum atomic E-state index is 13.6. The van der Waals surface area contributed by atoms with Crippen LogP contribution in [0.3, 0.4) is 0 Å². The van der Waals surface area contributed by atoms with Crippen LogP contribution >= 0.6 is 11.6 Å². The summed E-state index contributed by atoms with van der Waals surface area (Å²) in [4.78, 5) is 11.3. The van der Waals surface area contributed by atoms with Crippen molar-refractivity contribution in [2.45, 2.75) is 0 Å². The quantitative estimate of drug-likeness (QED) is 0.781. The maximum Gasteiger partial charge on any atom is 0.231 e. The van der Waals surface area contributed by atoms with Gasteiger partial charge in [-0.25, -0.2) is 4.39 Å². The first-order valence-electron chi connectivity index (χ1n) is 4.16. The van der Waals surface area contributed by atoms with Crippen LogP contribution in [0.4, 0.5) is 4.39 Å². The Kier molecular flexibility index (Phi) is 2.50. The van der Waals surface area contributed by atoms with Crippen molar-refractivity contribution in [3.8, 4) is 11.5 Å². The van der Waals surface area contributed by atoms with Crippen LogP contribution in [0.2, 0.25) is 5.02 Å². The van der Waals surface area contributed by atoms with E-state index < -0.39 is 11.6 Å². The molecule has 1 aromatic rings. The van der Waals surface area contributed by atoms with Gasteiger partial charge in [0.15, 0.2) is 23.1 Å². The normalized spacial score (nSPS) is 13.0. The number of carbonyl (C=O) groups is 1. The molecule has 2 rings (SSSR count). The Morgan fingerprint density at radius 3 is 3.00 bits per heavy atom. The van der Waals surface area contributed by atoms with Crippen molar-refractivity contribution in [1.29, 1.82) is 0 Å². The number of ketones is 1. The van der Waals surface area contributed by atoms with Gasteiger partial charge in [0.1, 0.15) is 5.02 Å². The Bertz CT molecular complexity index is 436. The molecule has 1 aliphatic rings. The van der Waals surface area contributed by atoms with Crippen LogP contribution in [0, 0.1) is 5.82 Å². The van der Waals surface area contributed by atoms with Gasteiger partial charge in [-0.2, -0.15) is 0 Å². The zero-order valence-electron chi connectivity index (χ0n) is 7.55. The van der Waals surface area contributed by atoms with Gasteiger partial charge in [-0.3, -0.25) is 4.79 Å². The highest BCUT2D eigenvalue weighted by atomic mass is 35.5. The molecule has 6 heteroatoms. The van der Waals surface area contributed by atoms with Gasteiger partial charge in [0.2, 0.25) is 6.79 Å². The van der Waals surface area contributed by atoms with Crippen LogP contribution in [0.25, 0.3) is 0 Å². The highest BCUT2D eigenvalue weighted by Crippen LogP contribution is 2.41. The molecule has 80 valence electrons. The number of carbonyl (C=O) groups excluding carboxylic acids is 1. The third-order valence-electron chi connectivity index (χ3n) is 2.03. The van der Waals surface area contributed by atoms with E-state index in [4.69, 9.17) is 26.8 Å². The van der Waals surface area contributed by atoms with E-state index in [1.807, 2.05) is 0 Å². The predicted molar refractivity (Wildman–Crippen MR) is 50.9 cm³/mol. The van der Waals surface area contributed by atoms with Gasteiger partial charge >= 0.3 is 0 Å². The number of hydrogen-bond acceptors (Lipinski definition) is 4. The average Bonchev–Trinajstić information content (AvgIpc) is 2.70. The summed E-state index contributed by atoms with van der Waals surface area (Å²) in [5.74, 6) is -0.968. The predicted octanol–water partition coefficient (Wildman–Crippen LogP) is 1.35. The zero-order valence-corrected chi connectivity index (χ0v) is 8.31. The van der Waals surface area contributed by atoms with Gasteiger partial charge in [-0.1, -0.05) is 11.6 Å². The highest BCUT2D eigenvalue weighted by molar-refractivity contribution is 6.33. The Hall–Kier alpha value is -1.33. The van der Waals surface area contributed by atoms with Crippen LogP contribution in [-0.4, -0.2) is 19.1 Å². The van der Waals surface area contributed by atoms with Crippen molar-refractivity contribution in [1.82, 2.24) is 0 Å². The molecule has 0 spiro atoms. The Morgan fingerprint density at radius 2 is 2.33 bits per heavy atom. The molecule has 0 unspecified atom stereocenters. The number of fused-ring (bicyclic) bond motifs is 1. The van der Waals surface area contributed by atoms with Gasteiger partial charge in [-0.05, 0) is 6.07 Å². The summed E-state index contributed by atoms with van der Waals surface area (Å²) >= 11 is 5.67. The lowest BCUT2D eigenvalue weighted by Gasteiger charge is -2.05. The fraction of sp³-hybridized carbons (Fsp3) is 0.222. The molecular formula is C9H7ClFNO3. The molecule has 0 saturated carbocycles. The van der Waals surface area contributed by atoms with E-state index in [1.54, 1.807) is 0 Å². The first-order valence-corrected chi connectivity index (χ1v) is 4.53. The minimum atomic E-state index is -0.823. The van der Waals surface area contributed by atoms with E-state index >= 15 is 0 Å². The second-order valence-corrected chi connectivity index (χ2v) is 3.29. The topological polar surface area (TPSA) is 61.6 Å². The van der Waals surface area contributed by atoms with Crippen molar-refractivity contribution in [2.75, 3.05) is 13.3 Å². The summed E-state index contributed by atoms with van der Waals surface area (Å²) in [5.41, 5.74) is 4.96. The minimum Gasteiger partial charge on any atom is -0.454 e. The van der Waals surface area contributed by atoms with Crippen LogP contribution in [0.15, 0.2) is 6.07 Å². The number of hydrogen-bond donors (Lipinski definition) is 1. The lowest BCUT2D eigenvalue weighted by molar-refractivity contribution is 0.0997. The molecule has 0 atom stereocenters. The van der Waals surface area contributed by atoms with Crippen molar-refractivity contribution in [2.24, 2.45) is 5.73 Å². The summed E-state index contributed by atoms with van der Waals surface area (Å²) < 4.78 is 23.5. The van der Waals surface area contributed by atoms with Gasteiger partial charge in [0.25, 0.3) is 0 Å². The standard InChI is InChI=1S/C9H7ClFNO3/c10-7-8(11)4(5(13)2-12)1-6-9(7)15-3-14-6/h1H,2-3,12H2.